The number of urea groups is 1. The largest absolute Gasteiger partial charge is 0.480 e. The fraction of sp³-hybridized carbons (Fsp3) is 0.385. The Kier molecular flexibility index (Phi) is 5.97. The third kappa shape index (κ3) is 4.50. The molecule has 0 aliphatic rings. The van der Waals surface area contributed by atoms with E-state index < -0.39 is 18.0 Å². The smallest absolute Gasteiger partial charge is 0.328 e. The number of aliphatic carboxylic acids is 1. The third-order valence-electron chi connectivity index (χ3n) is 2.61. The summed E-state index contributed by atoms with van der Waals surface area (Å²) in [7, 11) is 1.37. The molecular weight excluding hydrogens is 328 g/mol. The van der Waals surface area contributed by atoms with Crippen molar-refractivity contribution in [2.24, 2.45) is 0 Å². The molecule has 6 nitrogen and oxygen atoms in total. The van der Waals surface area contributed by atoms with Crippen LogP contribution in [0.3, 0.4) is 0 Å². The molecule has 0 saturated carbocycles. The van der Waals surface area contributed by atoms with E-state index in [-0.39, 0.29) is 6.61 Å². The highest BCUT2D eigenvalue weighted by Crippen LogP contribution is 2.27. The van der Waals surface area contributed by atoms with Crippen molar-refractivity contribution in [3.05, 3.63) is 27.7 Å². The van der Waals surface area contributed by atoms with Gasteiger partial charge in [0.25, 0.3) is 0 Å². The van der Waals surface area contributed by atoms with E-state index in [4.69, 9.17) is 9.84 Å². The second kappa shape index (κ2) is 7.25. The Balaban J connectivity index is 2.78. The second-order valence-corrected chi connectivity index (χ2v) is 5.24. The van der Waals surface area contributed by atoms with Gasteiger partial charge in [-0.05, 0) is 47.0 Å². The van der Waals surface area contributed by atoms with Crippen molar-refractivity contribution in [3.63, 3.8) is 0 Å². The predicted octanol–water partition coefficient (Wildman–Crippen LogP) is 2.29. The van der Waals surface area contributed by atoms with Crippen LogP contribution >= 0.6 is 15.9 Å². The van der Waals surface area contributed by atoms with Gasteiger partial charge in [-0.25, -0.2) is 9.59 Å². The molecule has 7 heteroatoms. The zero-order valence-electron chi connectivity index (χ0n) is 11.5. The Morgan fingerprint density at radius 1 is 1.40 bits per heavy atom. The highest BCUT2D eigenvalue weighted by Gasteiger charge is 2.20. The molecule has 0 fully saturated rings. The van der Waals surface area contributed by atoms with Gasteiger partial charge < -0.3 is 20.5 Å². The summed E-state index contributed by atoms with van der Waals surface area (Å²) in [4.78, 5) is 22.8. The van der Waals surface area contributed by atoms with Crippen LogP contribution < -0.4 is 10.6 Å². The lowest BCUT2D eigenvalue weighted by molar-refractivity contribution is -0.140. The maximum atomic E-state index is 11.8. The van der Waals surface area contributed by atoms with Crippen LogP contribution in [-0.2, 0) is 9.53 Å². The topological polar surface area (TPSA) is 87.7 Å². The Morgan fingerprint density at radius 3 is 2.55 bits per heavy atom. The minimum absolute atomic E-state index is 0.100. The summed E-state index contributed by atoms with van der Waals surface area (Å²) in [5, 5.41) is 13.9. The molecule has 1 aromatic carbocycles. The molecule has 0 heterocycles. The van der Waals surface area contributed by atoms with Gasteiger partial charge in [-0.3, -0.25) is 0 Å². The number of carbonyl (C=O) groups is 2. The number of carboxylic acid groups (broad SMARTS) is 1. The number of amides is 2. The van der Waals surface area contributed by atoms with Crippen LogP contribution in [0.2, 0.25) is 0 Å². The van der Waals surface area contributed by atoms with E-state index in [0.717, 1.165) is 15.6 Å². The van der Waals surface area contributed by atoms with Gasteiger partial charge in [0.15, 0.2) is 6.04 Å². The summed E-state index contributed by atoms with van der Waals surface area (Å²) < 4.78 is 5.49. The van der Waals surface area contributed by atoms with Crippen molar-refractivity contribution < 1.29 is 19.4 Å². The normalized spacial score (nSPS) is 11.8. The third-order valence-corrected chi connectivity index (χ3v) is 3.23. The molecule has 0 aromatic heterocycles. The van der Waals surface area contributed by atoms with E-state index in [1.807, 2.05) is 26.0 Å². The van der Waals surface area contributed by atoms with Crippen molar-refractivity contribution in [2.75, 3.05) is 19.0 Å². The predicted molar refractivity (Wildman–Crippen MR) is 79.1 cm³/mol. The Hall–Kier alpha value is -1.60. The number of hydrogen-bond donors (Lipinski definition) is 3. The fourth-order valence-corrected chi connectivity index (χ4v) is 2.50. The fourth-order valence-electron chi connectivity index (χ4n) is 1.72. The Labute approximate surface area is 125 Å². The average molecular weight is 345 g/mol. The van der Waals surface area contributed by atoms with Gasteiger partial charge in [-0.2, -0.15) is 0 Å². The van der Waals surface area contributed by atoms with Crippen LogP contribution in [0.5, 0.6) is 0 Å². The summed E-state index contributed by atoms with van der Waals surface area (Å²) in [5.41, 5.74) is 2.54. The van der Waals surface area contributed by atoms with E-state index in [2.05, 4.69) is 26.6 Å². The van der Waals surface area contributed by atoms with Crippen molar-refractivity contribution >= 4 is 33.6 Å². The van der Waals surface area contributed by atoms with Crippen molar-refractivity contribution in [2.45, 2.75) is 19.9 Å². The van der Waals surface area contributed by atoms with Gasteiger partial charge in [-0.1, -0.05) is 6.07 Å². The van der Waals surface area contributed by atoms with Gasteiger partial charge in [0.05, 0.1) is 12.3 Å². The van der Waals surface area contributed by atoms with Gasteiger partial charge in [0.2, 0.25) is 0 Å². The molecule has 0 saturated heterocycles. The van der Waals surface area contributed by atoms with Gasteiger partial charge in [-0.15, -0.1) is 0 Å². The van der Waals surface area contributed by atoms with E-state index in [1.54, 1.807) is 0 Å². The highest BCUT2D eigenvalue weighted by atomic mass is 79.9. The first-order valence-electron chi connectivity index (χ1n) is 5.91. The molecule has 2 amide bonds. The zero-order valence-corrected chi connectivity index (χ0v) is 13.1. The Bertz CT molecular complexity index is 496. The number of carboxylic acids is 1. The standard InChI is InChI=1S/C13H17BrN2O4/c1-7-4-8(2)11(9(14)5-7)16-13(19)15-10(6-20-3)12(17)18/h4-5,10H,6H2,1-3H3,(H,17,18)(H2,15,16,19). The zero-order chi connectivity index (χ0) is 15.3. The average Bonchev–Trinajstić information content (AvgIpc) is 2.33. The molecule has 0 aliphatic heterocycles. The van der Waals surface area contributed by atoms with Gasteiger partial charge in [0, 0.05) is 11.6 Å². The first-order valence-corrected chi connectivity index (χ1v) is 6.70. The molecule has 1 atom stereocenters. The first-order chi connectivity index (χ1) is 9.35. The van der Waals surface area contributed by atoms with Gasteiger partial charge >= 0.3 is 12.0 Å². The molecule has 0 aliphatic carbocycles. The van der Waals surface area contributed by atoms with Gasteiger partial charge in [0.1, 0.15) is 0 Å². The van der Waals surface area contributed by atoms with Crippen LogP contribution in [0, 0.1) is 13.8 Å². The monoisotopic (exact) mass is 344 g/mol. The van der Waals surface area contributed by atoms with E-state index in [1.165, 1.54) is 7.11 Å². The number of carbonyl (C=O) groups excluding carboxylic acids is 1. The van der Waals surface area contributed by atoms with Crippen LogP contribution in [0.1, 0.15) is 11.1 Å². The lowest BCUT2D eigenvalue weighted by Crippen LogP contribution is -2.45. The van der Waals surface area contributed by atoms with Crippen molar-refractivity contribution in [1.29, 1.82) is 0 Å². The maximum Gasteiger partial charge on any atom is 0.328 e. The number of anilines is 1. The summed E-state index contributed by atoms with van der Waals surface area (Å²) in [6.45, 7) is 3.70. The molecule has 0 spiro atoms. The van der Waals surface area contributed by atoms with E-state index in [9.17, 15) is 9.59 Å². The highest BCUT2D eigenvalue weighted by molar-refractivity contribution is 9.10. The number of rotatable bonds is 5. The quantitative estimate of drug-likeness (QED) is 0.764. The van der Waals surface area contributed by atoms with Crippen LogP contribution in [-0.4, -0.2) is 36.9 Å². The van der Waals surface area contributed by atoms with Crippen molar-refractivity contribution in [1.82, 2.24) is 5.32 Å². The van der Waals surface area contributed by atoms with E-state index in [0.29, 0.717) is 5.69 Å². The number of ether oxygens (including phenoxy) is 1. The van der Waals surface area contributed by atoms with Crippen LogP contribution in [0.15, 0.2) is 16.6 Å². The molecule has 20 heavy (non-hydrogen) atoms. The summed E-state index contributed by atoms with van der Waals surface area (Å²) >= 11 is 3.37. The van der Waals surface area contributed by atoms with E-state index >= 15 is 0 Å². The number of hydrogen-bond acceptors (Lipinski definition) is 3. The molecule has 110 valence electrons. The number of methoxy groups -OCH3 is 1. The molecule has 0 radical (unpaired) electrons. The minimum atomic E-state index is -1.15. The van der Waals surface area contributed by atoms with Crippen LogP contribution in [0.25, 0.3) is 0 Å². The lowest BCUT2D eigenvalue weighted by Gasteiger charge is -2.16. The summed E-state index contributed by atoms with van der Waals surface area (Å²) in [6.07, 6.45) is 0. The second-order valence-electron chi connectivity index (χ2n) is 4.38. The molecule has 1 rings (SSSR count). The number of nitrogens with one attached hydrogen (secondary N) is 2. The number of aryl methyl sites for hydroxylation is 2. The number of halogens is 1. The number of benzene rings is 1. The molecule has 0 bridgehead atoms. The SMILES string of the molecule is COCC(NC(=O)Nc1c(C)cc(C)cc1Br)C(=O)O. The summed E-state index contributed by atoms with van der Waals surface area (Å²) in [5.74, 6) is -1.15. The lowest BCUT2D eigenvalue weighted by atomic mass is 10.1. The minimum Gasteiger partial charge on any atom is -0.480 e. The Morgan fingerprint density at radius 2 is 2.05 bits per heavy atom. The molecule has 1 unspecified atom stereocenters. The maximum absolute atomic E-state index is 11.8. The molecular formula is C13H17BrN2O4. The summed E-state index contributed by atoms with van der Waals surface area (Å²) in [6, 6.07) is 2.10. The first kappa shape index (κ1) is 16.5. The molecule has 3 N–H and O–H groups in total. The van der Waals surface area contributed by atoms with Crippen molar-refractivity contribution in [3.8, 4) is 0 Å². The van der Waals surface area contributed by atoms with Crippen LogP contribution in [0.4, 0.5) is 10.5 Å². The molecule has 1 aromatic rings.